The summed E-state index contributed by atoms with van der Waals surface area (Å²) in [7, 11) is 0. The Hall–Kier alpha value is -2.69. The van der Waals surface area contributed by atoms with Gasteiger partial charge in [0.1, 0.15) is 21.2 Å². The fourth-order valence-corrected chi connectivity index (χ4v) is 3.34. The molecule has 0 aliphatic heterocycles. The maximum Gasteiger partial charge on any atom is 0.417 e. The van der Waals surface area contributed by atoms with E-state index in [1.54, 1.807) is 13.8 Å². The molecule has 0 unspecified atom stereocenters. The molecule has 0 radical (unpaired) electrons. The second-order valence-electron chi connectivity index (χ2n) is 6.04. The summed E-state index contributed by atoms with van der Waals surface area (Å²) < 4.78 is 0.699. The zero-order valence-electron chi connectivity index (χ0n) is 15.7. The van der Waals surface area contributed by atoms with Gasteiger partial charge in [-0.15, -0.1) is 4.73 Å². The summed E-state index contributed by atoms with van der Waals surface area (Å²) in [5.41, 5.74) is 12.5. The van der Waals surface area contributed by atoms with E-state index in [0.29, 0.717) is 20.6 Å². The monoisotopic (exact) mass is 462 g/mol. The third kappa shape index (κ3) is 3.78. The Bertz CT molecular complexity index is 1040. The van der Waals surface area contributed by atoms with Gasteiger partial charge in [0.25, 0.3) is 5.15 Å². The zero-order valence-corrected chi connectivity index (χ0v) is 18.0. The third-order valence-corrected chi connectivity index (χ3v) is 5.74. The second-order valence-corrected chi connectivity index (χ2v) is 7.15. The van der Waals surface area contributed by atoms with Gasteiger partial charge < -0.3 is 27.1 Å². The van der Waals surface area contributed by atoms with Gasteiger partial charge in [0.2, 0.25) is 11.4 Å². The number of halogens is 3. The van der Waals surface area contributed by atoms with Crippen molar-refractivity contribution in [3.05, 3.63) is 59.3 Å². The van der Waals surface area contributed by atoms with Crippen molar-refractivity contribution < 1.29 is 19.5 Å². The first-order valence-corrected chi connectivity index (χ1v) is 9.07. The summed E-state index contributed by atoms with van der Waals surface area (Å²) in [6, 6.07) is 0. The lowest BCUT2D eigenvalue weighted by Crippen LogP contribution is -2.37. The smallest absolute Gasteiger partial charge is 0.417 e. The van der Waals surface area contributed by atoms with Crippen LogP contribution in [-0.2, 0) is 0 Å². The molecule has 0 aliphatic rings. The molecule has 5 N–H and O–H groups in total. The van der Waals surface area contributed by atoms with Crippen molar-refractivity contribution in [2.45, 2.75) is 27.7 Å². The Balaban J connectivity index is 2.67. The minimum atomic E-state index is -0.440. The van der Waals surface area contributed by atoms with Crippen LogP contribution < -0.4 is 25.8 Å². The Morgan fingerprint density at radius 3 is 1.90 bits per heavy atom. The summed E-state index contributed by atoms with van der Waals surface area (Å²) in [5, 5.41) is 40.2. The molecule has 0 amide bonds. The van der Waals surface area contributed by atoms with Crippen molar-refractivity contribution in [3.63, 3.8) is 0 Å². The summed E-state index contributed by atoms with van der Waals surface area (Å²) >= 11 is 18.3. The molecule has 0 atom stereocenters. The summed E-state index contributed by atoms with van der Waals surface area (Å²) in [6.45, 7) is 6.07. The number of hydrogen-bond acceptors (Lipinski definition) is 6. The average molecular weight is 464 g/mol. The highest BCUT2D eigenvalue weighted by Gasteiger charge is 2.29. The van der Waals surface area contributed by atoms with Gasteiger partial charge in [0, 0.05) is 13.8 Å². The van der Waals surface area contributed by atoms with E-state index in [4.69, 9.17) is 56.3 Å². The molecule has 0 bridgehead atoms. The Morgan fingerprint density at radius 1 is 0.897 bits per heavy atom. The fourth-order valence-electron chi connectivity index (χ4n) is 2.63. The highest BCUT2D eigenvalue weighted by Crippen LogP contribution is 2.28. The molecule has 0 saturated heterocycles. The molecule has 2 aromatic heterocycles. The van der Waals surface area contributed by atoms with Crippen molar-refractivity contribution in [2.24, 2.45) is 21.8 Å². The lowest BCUT2D eigenvalue weighted by molar-refractivity contribution is -0.619. The molecule has 0 saturated carbocycles. The molecule has 0 aromatic carbocycles. The molecule has 2 rings (SSSR count). The normalized spacial score (nSPS) is 12.4. The van der Waals surface area contributed by atoms with Crippen molar-refractivity contribution >= 4 is 46.5 Å². The van der Waals surface area contributed by atoms with E-state index in [0.717, 1.165) is 0 Å². The van der Waals surface area contributed by atoms with Gasteiger partial charge in [-0.25, -0.2) is 0 Å². The molecule has 0 fully saturated rings. The first-order chi connectivity index (χ1) is 13.4. The summed E-state index contributed by atoms with van der Waals surface area (Å²) in [5.74, 6) is -1.19. The van der Waals surface area contributed by atoms with Crippen molar-refractivity contribution in [2.75, 3.05) is 0 Å². The van der Waals surface area contributed by atoms with Crippen LogP contribution in [0.5, 0.6) is 5.88 Å². The Labute approximate surface area is 180 Å². The Morgan fingerprint density at radius 2 is 1.38 bits per heavy atom. The number of nitrogens with zero attached hydrogens (tertiary/aromatic N) is 4. The van der Waals surface area contributed by atoms with Crippen LogP contribution in [-0.4, -0.2) is 16.9 Å². The predicted octanol–water partition coefficient (Wildman–Crippen LogP) is 1.94. The predicted molar refractivity (Wildman–Crippen MR) is 109 cm³/mol. The molecule has 29 heavy (non-hydrogen) atoms. The van der Waals surface area contributed by atoms with Gasteiger partial charge in [-0.3, -0.25) is 4.84 Å². The topological polar surface area (TPSA) is 160 Å². The molecule has 13 heteroatoms. The van der Waals surface area contributed by atoms with Crippen LogP contribution in [0, 0.1) is 38.1 Å². The first-order valence-electron chi connectivity index (χ1n) is 7.94. The van der Waals surface area contributed by atoms with Crippen molar-refractivity contribution in [1.29, 1.82) is 0 Å². The molecule has 10 nitrogen and oxygen atoms in total. The Kier molecular flexibility index (Phi) is 6.51. The quantitative estimate of drug-likeness (QED) is 0.119. The van der Waals surface area contributed by atoms with E-state index >= 15 is 0 Å². The summed E-state index contributed by atoms with van der Waals surface area (Å²) in [4.78, 5) is 5.21. The van der Waals surface area contributed by atoms with Gasteiger partial charge in [-0.05, 0) is 36.6 Å². The molecular weight excluding hydrogens is 447 g/mol. The highest BCUT2D eigenvalue weighted by molar-refractivity contribution is 6.35. The third-order valence-electron chi connectivity index (χ3n) is 4.29. The van der Waals surface area contributed by atoms with Gasteiger partial charge in [-0.2, -0.15) is 4.73 Å². The van der Waals surface area contributed by atoms with Gasteiger partial charge in [0.05, 0.1) is 0 Å². The number of hydrogen-bond donors (Lipinski definition) is 3. The molecule has 2 heterocycles. The number of pyridine rings is 2. The lowest BCUT2D eigenvalue weighted by atomic mass is 10.1. The van der Waals surface area contributed by atoms with Crippen LogP contribution in [0.3, 0.4) is 0 Å². The number of oxime groups is 2. The number of nitrogens with two attached hydrogens (primary N) is 2. The van der Waals surface area contributed by atoms with Crippen molar-refractivity contribution in [1.82, 2.24) is 0 Å². The van der Waals surface area contributed by atoms with Crippen LogP contribution in [0.25, 0.3) is 0 Å². The standard InChI is InChI=1S/C16H17Cl3N6O4/c1-5-9(13(19)24(27)7(3)11(5)17)15(21)23-29-16-10(14(20)22-26)6(2)12(18)8(4)25(16)28/h26H,1-4H3,(H2,20,22)(H2,21,23). The van der Waals surface area contributed by atoms with E-state index < -0.39 is 11.7 Å². The largest absolute Gasteiger partial charge is 0.617 e. The van der Waals surface area contributed by atoms with Crippen molar-refractivity contribution in [3.8, 4) is 5.88 Å². The van der Waals surface area contributed by atoms with E-state index in [1.807, 2.05) is 0 Å². The van der Waals surface area contributed by atoms with Crippen LogP contribution in [0.2, 0.25) is 15.2 Å². The summed E-state index contributed by atoms with van der Waals surface area (Å²) in [6.07, 6.45) is 0. The minimum absolute atomic E-state index is 0.0301. The molecule has 156 valence electrons. The van der Waals surface area contributed by atoms with Gasteiger partial charge >= 0.3 is 5.88 Å². The van der Waals surface area contributed by atoms with E-state index in [2.05, 4.69) is 10.3 Å². The second kappa shape index (κ2) is 8.36. The first kappa shape index (κ1) is 22.6. The molecule has 0 aliphatic carbocycles. The van der Waals surface area contributed by atoms with Gasteiger partial charge in [-0.1, -0.05) is 33.5 Å². The molecule has 0 spiro atoms. The van der Waals surface area contributed by atoms with E-state index in [-0.39, 0.29) is 43.5 Å². The van der Waals surface area contributed by atoms with Crippen LogP contribution in [0.4, 0.5) is 0 Å². The van der Waals surface area contributed by atoms with Crippen LogP contribution in [0.15, 0.2) is 10.3 Å². The lowest BCUT2D eigenvalue weighted by Gasteiger charge is -2.14. The van der Waals surface area contributed by atoms with Crippen LogP contribution in [0.1, 0.15) is 33.6 Å². The minimum Gasteiger partial charge on any atom is -0.617 e. The van der Waals surface area contributed by atoms with E-state index in [9.17, 15) is 10.4 Å². The molecular formula is C16H17Cl3N6O4. The van der Waals surface area contributed by atoms with Gasteiger partial charge in [0.15, 0.2) is 11.7 Å². The SMILES string of the molecule is Cc1c(Cl)c(C)[n+]([O-])c(Cl)c1/C(N)=N/Oc1c(/C(N)=N/O)c(C)c(Cl)c(C)[n+]1[O-]. The maximum absolute atomic E-state index is 12.5. The molecule has 2 aromatic rings. The van der Waals surface area contributed by atoms with Crippen LogP contribution >= 0.6 is 34.8 Å². The number of aromatic nitrogens is 2. The average Bonchev–Trinajstić information content (AvgIpc) is 2.70. The van der Waals surface area contributed by atoms with E-state index in [1.165, 1.54) is 13.8 Å². The zero-order chi connectivity index (χ0) is 22.2. The number of amidine groups is 2. The highest BCUT2D eigenvalue weighted by atomic mass is 35.5. The maximum atomic E-state index is 12.5. The number of rotatable bonds is 4. The fraction of sp³-hybridized carbons (Fsp3) is 0.250.